The Labute approximate surface area is 134 Å². The van der Waals surface area contributed by atoms with E-state index in [1.54, 1.807) is 34.1 Å². The zero-order chi connectivity index (χ0) is 16.4. The second-order valence-electron chi connectivity index (χ2n) is 5.76. The fraction of sp³-hybridized carbons (Fsp3) is 0.353. The second-order valence-corrected chi connectivity index (χ2v) is 5.76. The Hall–Kier alpha value is -2.63. The van der Waals surface area contributed by atoms with Crippen molar-refractivity contribution in [2.24, 2.45) is 0 Å². The van der Waals surface area contributed by atoms with E-state index in [2.05, 4.69) is 12.0 Å². The minimum atomic E-state index is -0.947. The molecule has 1 aliphatic rings. The molecule has 3 rings (SSSR count). The van der Waals surface area contributed by atoms with Crippen LogP contribution in [0.2, 0.25) is 0 Å². The number of aromatic nitrogens is 2. The van der Waals surface area contributed by atoms with Gasteiger partial charge in [0.05, 0.1) is 17.3 Å². The van der Waals surface area contributed by atoms with Gasteiger partial charge in [0, 0.05) is 25.8 Å². The first-order chi connectivity index (χ1) is 11.1. The maximum atomic E-state index is 12.6. The molecule has 1 aromatic carbocycles. The number of hydrogen-bond acceptors (Lipinski definition) is 3. The Morgan fingerprint density at radius 1 is 1.26 bits per heavy atom. The maximum Gasteiger partial charge on any atom is 0.335 e. The van der Waals surface area contributed by atoms with Gasteiger partial charge in [-0.15, -0.1) is 0 Å². The van der Waals surface area contributed by atoms with Crippen molar-refractivity contribution in [3.05, 3.63) is 52.8 Å². The zero-order valence-corrected chi connectivity index (χ0v) is 13.0. The third-order valence-electron chi connectivity index (χ3n) is 4.09. The molecule has 1 amide bonds. The number of carbonyl (C=O) groups excluding carboxylic acids is 1. The number of amides is 1. The number of aromatic carboxylic acids is 1. The van der Waals surface area contributed by atoms with Gasteiger partial charge >= 0.3 is 5.97 Å². The van der Waals surface area contributed by atoms with E-state index >= 15 is 0 Å². The zero-order valence-electron chi connectivity index (χ0n) is 13.0. The van der Waals surface area contributed by atoms with E-state index in [0.717, 1.165) is 30.5 Å². The molecule has 0 atom stereocenters. The smallest absolute Gasteiger partial charge is 0.335 e. The monoisotopic (exact) mass is 313 g/mol. The minimum absolute atomic E-state index is 0.0567. The topological polar surface area (TPSA) is 75.4 Å². The van der Waals surface area contributed by atoms with Gasteiger partial charge in [0.15, 0.2) is 0 Å². The van der Waals surface area contributed by atoms with E-state index in [1.165, 1.54) is 0 Å². The van der Waals surface area contributed by atoms with E-state index in [0.29, 0.717) is 18.7 Å². The predicted molar refractivity (Wildman–Crippen MR) is 84.4 cm³/mol. The molecule has 0 fully saturated rings. The lowest BCUT2D eigenvalue weighted by Gasteiger charge is -2.28. The standard InChI is InChI=1S/C17H19N3O3/c1-2-6-20-11-15(9-18-20)16(21)19-7-5-12-3-4-13(17(22)23)8-14(12)10-19/h3-4,8-9,11H,2,5-7,10H2,1H3,(H,22,23). The first-order valence-electron chi connectivity index (χ1n) is 7.75. The number of carboxylic acid groups (broad SMARTS) is 1. The van der Waals surface area contributed by atoms with Gasteiger partial charge < -0.3 is 10.0 Å². The molecule has 2 heterocycles. The SMILES string of the molecule is CCCn1cc(C(=O)N2CCc3ccc(C(=O)O)cc3C2)cn1. The summed E-state index contributed by atoms with van der Waals surface area (Å²) >= 11 is 0. The van der Waals surface area contributed by atoms with Crippen molar-refractivity contribution >= 4 is 11.9 Å². The van der Waals surface area contributed by atoms with Crippen LogP contribution in [0.15, 0.2) is 30.6 Å². The average molecular weight is 313 g/mol. The fourth-order valence-electron chi connectivity index (χ4n) is 2.87. The number of aryl methyl sites for hydroxylation is 1. The third-order valence-corrected chi connectivity index (χ3v) is 4.09. The van der Waals surface area contributed by atoms with Crippen LogP contribution < -0.4 is 0 Å². The van der Waals surface area contributed by atoms with Crippen LogP contribution in [0.3, 0.4) is 0 Å². The molecule has 0 saturated carbocycles. The molecule has 120 valence electrons. The lowest BCUT2D eigenvalue weighted by atomic mass is 9.97. The number of fused-ring (bicyclic) bond motifs is 1. The molecule has 0 saturated heterocycles. The Morgan fingerprint density at radius 2 is 2.09 bits per heavy atom. The number of carboxylic acids is 1. The molecule has 1 N–H and O–H groups in total. The first kappa shape index (κ1) is 15.3. The molecule has 1 aromatic heterocycles. The van der Waals surface area contributed by atoms with Crippen LogP contribution in [0.5, 0.6) is 0 Å². The summed E-state index contributed by atoms with van der Waals surface area (Å²) in [5.74, 6) is -1.00. The molecule has 0 aliphatic carbocycles. The molecule has 2 aromatic rings. The summed E-state index contributed by atoms with van der Waals surface area (Å²) < 4.78 is 1.77. The normalized spacial score (nSPS) is 13.7. The number of carbonyl (C=O) groups is 2. The van der Waals surface area contributed by atoms with Gasteiger partial charge in [0.1, 0.15) is 0 Å². The van der Waals surface area contributed by atoms with Crippen molar-refractivity contribution in [3.63, 3.8) is 0 Å². The lowest BCUT2D eigenvalue weighted by molar-refractivity contribution is 0.0696. The van der Waals surface area contributed by atoms with Crippen LogP contribution >= 0.6 is 0 Å². The van der Waals surface area contributed by atoms with Gasteiger partial charge in [-0.3, -0.25) is 9.48 Å². The highest BCUT2D eigenvalue weighted by Gasteiger charge is 2.23. The summed E-state index contributed by atoms with van der Waals surface area (Å²) in [5, 5.41) is 13.3. The highest BCUT2D eigenvalue weighted by Crippen LogP contribution is 2.22. The minimum Gasteiger partial charge on any atom is -0.478 e. The summed E-state index contributed by atoms with van der Waals surface area (Å²) in [6.45, 7) is 3.92. The molecule has 23 heavy (non-hydrogen) atoms. The maximum absolute atomic E-state index is 12.6. The third kappa shape index (κ3) is 3.11. The van der Waals surface area contributed by atoms with E-state index in [9.17, 15) is 9.59 Å². The van der Waals surface area contributed by atoms with Gasteiger partial charge in [-0.1, -0.05) is 13.0 Å². The Bertz CT molecular complexity index is 751. The van der Waals surface area contributed by atoms with E-state index in [4.69, 9.17) is 5.11 Å². The second kappa shape index (κ2) is 6.24. The Morgan fingerprint density at radius 3 is 2.83 bits per heavy atom. The summed E-state index contributed by atoms with van der Waals surface area (Å²) in [7, 11) is 0. The van der Waals surface area contributed by atoms with Crippen molar-refractivity contribution in [2.75, 3.05) is 6.54 Å². The van der Waals surface area contributed by atoms with Crippen molar-refractivity contribution in [1.82, 2.24) is 14.7 Å². The molecule has 0 radical (unpaired) electrons. The van der Waals surface area contributed by atoms with E-state index < -0.39 is 5.97 Å². The largest absolute Gasteiger partial charge is 0.478 e. The van der Waals surface area contributed by atoms with E-state index in [1.807, 2.05) is 6.07 Å². The molecular weight excluding hydrogens is 294 g/mol. The summed E-state index contributed by atoms with van der Waals surface area (Å²) in [6, 6.07) is 5.13. The highest BCUT2D eigenvalue weighted by atomic mass is 16.4. The number of rotatable bonds is 4. The van der Waals surface area contributed by atoms with Crippen LogP contribution in [-0.4, -0.2) is 38.2 Å². The van der Waals surface area contributed by atoms with Gasteiger partial charge in [0.2, 0.25) is 0 Å². The van der Waals surface area contributed by atoms with E-state index in [-0.39, 0.29) is 11.5 Å². The summed E-state index contributed by atoms with van der Waals surface area (Å²) in [5.41, 5.74) is 2.86. The van der Waals surface area contributed by atoms with Crippen molar-refractivity contribution < 1.29 is 14.7 Å². The van der Waals surface area contributed by atoms with Gasteiger partial charge in [-0.05, 0) is 36.1 Å². The van der Waals surface area contributed by atoms with Crippen LogP contribution in [0, 0.1) is 0 Å². The quantitative estimate of drug-likeness (QED) is 0.939. The molecule has 6 heteroatoms. The highest BCUT2D eigenvalue weighted by molar-refractivity contribution is 5.94. The molecular formula is C17H19N3O3. The summed E-state index contributed by atoms with van der Waals surface area (Å²) in [6.07, 6.45) is 5.07. The van der Waals surface area contributed by atoms with Gasteiger partial charge in [0.25, 0.3) is 5.91 Å². The van der Waals surface area contributed by atoms with Gasteiger partial charge in [-0.2, -0.15) is 5.10 Å². The molecule has 0 spiro atoms. The average Bonchev–Trinajstić information content (AvgIpc) is 3.02. The first-order valence-corrected chi connectivity index (χ1v) is 7.75. The summed E-state index contributed by atoms with van der Waals surface area (Å²) in [4.78, 5) is 25.4. The fourth-order valence-corrected chi connectivity index (χ4v) is 2.87. The predicted octanol–water partition coefficient (Wildman–Crippen LogP) is 2.19. The van der Waals surface area contributed by atoms with Crippen molar-refractivity contribution in [3.8, 4) is 0 Å². The van der Waals surface area contributed by atoms with Crippen LogP contribution in [0.1, 0.15) is 45.2 Å². The lowest BCUT2D eigenvalue weighted by Crippen LogP contribution is -2.36. The molecule has 1 aliphatic heterocycles. The number of benzene rings is 1. The number of hydrogen-bond donors (Lipinski definition) is 1. The van der Waals surface area contributed by atoms with Crippen LogP contribution in [-0.2, 0) is 19.5 Å². The molecule has 0 unspecified atom stereocenters. The Balaban J connectivity index is 1.78. The Kier molecular flexibility index (Phi) is 4.14. The van der Waals surface area contributed by atoms with Gasteiger partial charge in [-0.25, -0.2) is 4.79 Å². The van der Waals surface area contributed by atoms with Crippen LogP contribution in [0.4, 0.5) is 0 Å². The molecule has 0 bridgehead atoms. The van der Waals surface area contributed by atoms with Crippen molar-refractivity contribution in [1.29, 1.82) is 0 Å². The van der Waals surface area contributed by atoms with Crippen molar-refractivity contribution in [2.45, 2.75) is 32.9 Å². The number of nitrogens with zero attached hydrogens (tertiary/aromatic N) is 3. The van der Waals surface area contributed by atoms with Crippen LogP contribution in [0.25, 0.3) is 0 Å². The molecule has 6 nitrogen and oxygen atoms in total.